The molecule has 0 radical (unpaired) electrons. The monoisotopic (exact) mass is 341 g/mol. The highest BCUT2D eigenvalue weighted by Gasteiger charge is 2.34. The molecule has 1 aromatic rings. The summed E-state index contributed by atoms with van der Waals surface area (Å²) in [6.45, 7) is 8.59. The summed E-state index contributed by atoms with van der Waals surface area (Å²) in [7, 11) is 0. The first kappa shape index (κ1) is 22.5. The molecule has 1 rings (SSSR count). The van der Waals surface area contributed by atoms with Crippen LogP contribution in [0.5, 0.6) is 0 Å². The molecule has 0 aliphatic heterocycles. The molecule has 0 fully saturated rings. The highest BCUT2D eigenvalue weighted by Crippen LogP contribution is 2.15. The number of carbonyl (C=O) groups excluding carboxylic acids is 1. The Hall–Kier alpha value is -1.47. The predicted molar refractivity (Wildman–Crippen MR) is 90.0 cm³/mol. The van der Waals surface area contributed by atoms with E-state index in [2.05, 4.69) is 26.5 Å². The quantitative estimate of drug-likeness (QED) is 0.610. The summed E-state index contributed by atoms with van der Waals surface area (Å²) in [4.78, 5) is 10.1. The molecule has 6 heteroatoms. The summed E-state index contributed by atoms with van der Waals surface area (Å²) in [6.07, 6.45) is 2.85. The fourth-order valence-electron chi connectivity index (χ4n) is 1.69. The van der Waals surface area contributed by atoms with Gasteiger partial charge in [0.25, 0.3) is 0 Å². The first-order valence-corrected chi connectivity index (χ1v) is 8.52. The van der Waals surface area contributed by atoms with Gasteiger partial charge in [0.15, 0.2) is 6.54 Å². The van der Waals surface area contributed by atoms with E-state index in [1.165, 1.54) is 12.1 Å². The van der Waals surface area contributed by atoms with E-state index in [9.17, 15) is 9.90 Å². The van der Waals surface area contributed by atoms with Crippen LogP contribution in [0.25, 0.3) is 0 Å². The number of hydrogen-bond acceptors (Lipinski definition) is 5. The number of hydrogen-bond donors (Lipinski definition) is 1. The minimum absolute atomic E-state index is 0.220. The summed E-state index contributed by atoms with van der Waals surface area (Å²) in [6, 6.07) is 8.06. The second-order valence-electron chi connectivity index (χ2n) is 5.13. The van der Waals surface area contributed by atoms with Crippen molar-refractivity contribution in [1.29, 1.82) is 0 Å². The minimum Gasteiger partial charge on any atom is -0.545 e. The lowest BCUT2D eigenvalue weighted by Crippen LogP contribution is -2.64. The zero-order valence-electron chi connectivity index (χ0n) is 15.1. The number of carbonyl (C=O) groups is 1. The lowest BCUT2D eigenvalue weighted by Gasteiger charge is -2.30. The van der Waals surface area contributed by atoms with Gasteiger partial charge in [-0.15, -0.1) is 0 Å². The summed E-state index contributed by atoms with van der Waals surface area (Å²) >= 11 is 0. The minimum atomic E-state index is -1.13. The van der Waals surface area contributed by atoms with E-state index >= 15 is 0 Å². The van der Waals surface area contributed by atoms with Gasteiger partial charge in [0.1, 0.15) is 0 Å². The Morgan fingerprint density at radius 2 is 1.38 bits per heavy atom. The maximum atomic E-state index is 10.1. The third-order valence-corrected chi connectivity index (χ3v) is 2.89. The van der Waals surface area contributed by atoms with E-state index in [0.717, 1.165) is 19.3 Å². The molecule has 0 heterocycles. The van der Waals surface area contributed by atoms with Gasteiger partial charge in [-0.05, 0) is 24.8 Å². The molecule has 0 atom stereocenters. The van der Waals surface area contributed by atoms with Crippen molar-refractivity contribution in [2.24, 2.45) is 0 Å². The number of ether oxygens (including phenoxy) is 3. The van der Waals surface area contributed by atoms with Crippen molar-refractivity contribution in [3.8, 4) is 0 Å². The third kappa shape index (κ3) is 9.62. The number of rotatable bonds is 11. The first-order valence-electron chi connectivity index (χ1n) is 8.52. The van der Waals surface area contributed by atoms with Crippen LogP contribution < -0.4 is 10.8 Å². The van der Waals surface area contributed by atoms with Crippen molar-refractivity contribution in [3.63, 3.8) is 0 Å². The third-order valence-electron chi connectivity index (χ3n) is 2.89. The van der Waals surface area contributed by atoms with Crippen LogP contribution in [0.1, 0.15) is 50.4 Å². The molecule has 0 aliphatic carbocycles. The predicted octanol–water partition coefficient (Wildman–Crippen LogP) is 1.21. The molecule has 24 heavy (non-hydrogen) atoms. The molecule has 0 amide bonds. The smallest absolute Gasteiger partial charge is 0.335 e. The van der Waals surface area contributed by atoms with Crippen molar-refractivity contribution >= 4 is 5.97 Å². The Kier molecular flexibility index (Phi) is 13.1. The Morgan fingerprint density at radius 3 is 1.62 bits per heavy atom. The highest BCUT2D eigenvalue weighted by molar-refractivity contribution is 5.85. The van der Waals surface area contributed by atoms with Gasteiger partial charge in [-0.1, -0.05) is 51.1 Å². The van der Waals surface area contributed by atoms with E-state index in [4.69, 9.17) is 14.2 Å². The number of carboxylic acids is 1. The van der Waals surface area contributed by atoms with Gasteiger partial charge in [0.2, 0.25) is 0 Å². The summed E-state index contributed by atoms with van der Waals surface area (Å²) in [5.41, 5.74) is 4.06. The first-order chi connectivity index (χ1) is 11.5. The molecule has 0 unspecified atom stereocenters. The van der Waals surface area contributed by atoms with Crippen LogP contribution in [0, 0.1) is 0 Å². The summed E-state index contributed by atoms with van der Waals surface area (Å²) in [5.74, 6) is -2.04. The van der Waals surface area contributed by atoms with E-state index in [1.54, 1.807) is 18.2 Å². The fourth-order valence-corrected chi connectivity index (χ4v) is 1.69. The van der Waals surface area contributed by atoms with Gasteiger partial charge in [0, 0.05) is 0 Å². The van der Waals surface area contributed by atoms with E-state index in [0.29, 0.717) is 26.4 Å². The second-order valence-corrected chi connectivity index (χ2v) is 5.13. The Balaban J connectivity index is 0.000000496. The summed E-state index contributed by atoms with van der Waals surface area (Å²) in [5, 5.41) is 10.1. The van der Waals surface area contributed by atoms with Crippen LogP contribution in [-0.2, 0) is 14.2 Å². The maximum absolute atomic E-state index is 10.1. The van der Waals surface area contributed by atoms with Crippen LogP contribution in [0.2, 0.25) is 0 Å². The van der Waals surface area contributed by atoms with Crippen LogP contribution in [-0.4, -0.2) is 38.3 Å². The van der Waals surface area contributed by atoms with Crippen molar-refractivity contribution < 1.29 is 29.8 Å². The molecule has 0 aromatic heterocycles. The largest absolute Gasteiger partial charge is 0.545 e. The molecule has 0 saturated carbocycles. The second kappa shape index (κ2) is 13.9. The average molecular weight is 341 g/mol. The van der Waals surface area contributed by atoms with Gasteiger partial charge in [-0.3, -0.25) is 0 Å². The normalized spacial score (nSPS) is 10.8. The van der Waals surface area contributed by atoms with E-state index < -0.39 is 11.9 Å². The van der Waals surface area contributed by atoms with Crippen molar-refractivity contribution in [3.05, 3.63) is 35.9 Å². The van der Waals surface area contributed by atoms with E-state index in [1.807, 2.05) is 0 Å². The molecule has 0 bridgehead atoms. The molecule has 0 spiro atoms. The Bertz CT molecular complexity index is 403. The number of aromatic carboxylic acids is 1. The highest BCUT2D eigenvalue weighted by atomic mass is 16.9. The van der Waals surface area contributed by atoms with E-state index in [-0.39, 0.29) is 5.56 Å². The number of quaternary nitrogens is 1. The van der Waals surface area contributed by atoms with Crippen LogP contribution in [0.3, 0.4) is 0 Å². The molecule has 1 aromatic carbocycles. The molecular formula is C18H31NO5. The Labute approximate surface area is 144 Å². The zero-order chi connectivity index (χ0) is 18.3. The molecule has 0 aliphatic rings. The summed E-state index contributed by atoms with van der Waals surface area (Å²) < 4.78 is 16.9. The molecular weight excluding hydrogens is 310 g/mol. The molecule has 6 nitrogen and oxygen atoms in total. The van der Waals surface area contributed by atoms with Crippen molar-refractivity contribution in [2.75, 3.05) is 26.4 Å². The standard InChI is InChI=1S/C11H25NO3.C7H6O2/c1-4-7-13-11(10-12,14-8-5-2)15-9-6-3;8-7(9)6-4-2-1-3-5-6/h4-10,12H2,1-3H3;1-5H,(H,8,9). The van der Waals surface area contributed by atoms with Gasteiger partial charge >= 0.3 is 5.97 Å². The van der Waals surface area contributed by atoms with Crippen LogP contribution in [0.4, 0.5) is 0 Å². The Morgan fingerprint density at radius 1 is 0.958 bits per heavy atom. The van der Waals surface area contributed by atoms with Crippen molar-refractivity contribution in [2.45, 2.75) is 46.0 Å². The molecule has 138 valence electrons. The molecule has 3 N–H and O–H groups in total. The van der Waals surface area contributed by atoms with Crippen molar-refractivity contribution in [1.82, 2.24) is 0 Å². The topological polar surface area (TPSA) is 95.5 Å². The molecule has 0 saturated heterocycles. The SMILES string of the molecule is CCCOC(C[NH3+])(OCCC)OCCC.O=C([O-])c1ccccc1. The fraction of sp³-hybridized carbons (Fsp3) is 0.611. The van der Waals surface area contributed by atoms with Crippen LogP contribution in [0.15, 0.2) is 30.3 Å². The van der Waals surface area contributed by atoms with Gasteiger partial charge in [-0.25, -0.2) is 0 Å². The number of carboxylic acid groups (broad SMARTS) is 1. The average Bonchev–Trinajstić information content (AvgIpc) is 2.63. The van der Waals surface area contributed by atoms with Gasteiger partial charge < -0.3 is 29.8 Å². The zero-order valence-corrected chi connectivity index (χ0v) is 15.1. The maximum Gasteiger partial charge on any atom is 0.335 e. The number of benzene rings is 1. The van der Waals surface area contributed by atoms with Gasteiger partial charge in [-0.2, -0.15) is 0 Å². The van der Waals surface area contributed by atoms with Gasteiger partial charge in [0.05, 0.1) is 25.8 Å². The lowest BCUT2D eigenvalue weighted by molar-refractivity contribution is -0.498. The lowest BCUT2D eigenvalue weighted by atomic mass is 10.2. The van der Waals surface area contributed by atoms with Crippen LogP contribution >= 0.6 is 0 Å².